The van der Waals surface area contributed by atoms with Crippen molar-refractivity contribution in [3.8, 4) is 17.2 Å². The Kier molecular flexibility index (Phi) is 4.65. The van der Waals surface area contributed by atoms with Crippen LogP contribution in [0.1, 0.15) is 11.3 Å². The van der Waals surface area contributed by atoms with Crippen LogP contribution in [0.3, 0.4) is 0 Å². The lowest BCUT2D eigenvalue weighted by Crippen LogP contribution is -2.05. The number of ether oxygens (including phenoxy) is 3. The second kappa shape index (κ2) is 7.41. The molecule has 0 unspecified atom stereocenters. The first-order chi connectivity index (χ1) is 13.2. The Morgan fingerprint density at radius 1 is 1.04 bits per heavy atom. The molecule has 138 valence electrons. The maximum atomic E-state index is 5.42. The molecule has 2 N–H and O–H groups in total. The van der Waals surface area contributed by atoms with Crippen molar-refractivity contribution in [1.82, 2.24) is 9.97 Å². The van der Waals surface area contributed by atoms with Crippen LogP contribution >= 0.6 is 0 Å². The van der Waals surface area contributed by atoms with E-state index in [2.05, 4.69) is 20.6 Å². The molecule has 0 amide bonds. The van der Waals surface area contributed by atoms with Crippen LogP contribution in [0.5, 0.6) is 17.2 Å². The first-order valence-corrected chi connectivity index (χ1v) is 8.59. The van der Waals surface area contributed by atoms with Gasteiger partial charge in [0.2, 0.25) is 12.7 Å². The zero-order valence-corrected chi connectivity index (χ0v) is 15.2. The van der Waals surface area contributed by atoms with Gasteiger partial charge in [0.25, 0.3) is 0 Å². The molecular formula is C20H20N4O3. The van der Waals surface area contributed by atoms with E-state index in [0.29, 0.717) is 12.5 Å². The molecule has 7 nitrogen and oxygen atoms in total. The van der Waals surface area contributed by atoms with Crippen LogP contribution in [-0.2, 0) is 6.54 Å². The molecule has 1 aliphatic heterocycles. The summed E-state index contributed by atoms with van der Waals surface area (Å²) in [5.74, 6) is 3.59. The summed E-state index contributed by atoms with van der Waals surface area (Å²) in [6.07, 6.45) is 0. The van der Waals surface area contributed by atoms with Gasteiger partial charge in [-0.3, -0.25) is 0 Å². The average Bonchev–Trinajstić information content (AvgIpc) is 3.14. The molecule has 0 bridgehead atoms. The van der Waals surface area contributed by atoms with Crippen LogP contribution in [0.2, 0.25) is 0 Å². The highest BCUT2D eigenvalue weighted by molar-refractivity contribution is 5.57. The van der Waals surface area contributed by atoms with Gasteiger partial charge in [-0.05, 0) is 36.8 Å². The van der Waals surface area contributed by atoms with Gasteiger partial charge in [-0.25, -0.2) is 4.98 Å². The van der Waals surface area contributed by atoms with Crippen LogP contribution in [0.25, 0.3) is 0 Å². The molecule has 1 aromatic heterocycles. The van der Waals surface area contributed by atoms with Gasteiger partial charge in [0, 0.05) is 30.1 Å². The van der Waals surface area contributed by atoms with Gasteiger partial charge in [-0.2, -0.15) is 4.98 Å². The Labute approximate surface area is 157 Å². The summed E-state index contributed by atoms with van der Waals surface area (Å²) in [6.45, 7) is 2.83. The largest absolute Gasteiger partial charge is 0.497 e. The van der Waals surface area contributed by atoms with Crippen LogP contribution < -0.4 is 24.8 Å². The number of methoxy groups -OCH3 is 1. The van der Waals surface area contributed by atoms with Crippen LogP contribution in [0.4, 0.5) is 17.5 Å². The van der Waals surface area contributed by atoms with E-state index >= 15 is 0 Å². The lowest BCUT2D eigenvalue weighted by molar-refractivity contribution is 0.174. The zero-order chi connectivity index (χ0) is 18.6. The molecule has 0 fully saturated rings. The third-order valence-corrected chi connectivity index (χ3v) is 4.09. The lowest BCUT2D eigenvalue weighted by atomic mass is 10.2. The summed E-state index contributed by atoms with van der Waals surface area (Å²) in [5, 5.41) is 6.54. The smallest absolute Gasteiger partial charge is 0.231 e. The molecular weight excluding hydrogens is 344 g/mol. The summed E-state index contributed by atoms with van der Waals surface area (Å²) in [4.78, 5) is 8.99. The molecule has 2 aromatic carbocycles. The number of hydrogen-bond donors (Lipinski definition) is 2. The number of nitrogens with one attached hydrogen (secondary N) is 2. The second-order valence-corrected chi connectivity index (χ2v) is 6.12. The number of aromatic nitrogens is 2. The number of fused-ring (bicyclic) bond motifs is 1. The third-order valence-electron chi connectivity index (χ3n) is 4.09. The average molecular weight is 364 g/mol. The second-order valence-electron chi connectivity index (χ2n) is 6.12. The molecule has 0 spiro atoms. The van der Waals surface area contributed by atoms with Gasteiger partial charge in [-0.1, -0.05) is 12.1 Å². The number of hydrogen-bond acceptors (Lipinski definition) is 7. The molecule has 2 heterocycles. The molecule has 0 saturated heterocycles. The number of aryl methyl sites for hydroxylation is 1. The molecule has 0 saturated carbocycles. The maximum absolute atomic E-state index is 5.42. The lowest BCUT2D eigenvalue weighted by Gasteiger charge is -2.11. The molecule has 7 heteroatoms. The fourth-order valence-electron chi connectivity index (χ4n) is 2.79. The van der Waals surface area contributed by atoms with Crippen LogP contribution in [0, 0.1) is 6.92 Å². The predicted molar refractivity (Wildman–Crippen MR) is 103 cm³/mol. The topological polar surface area (TPSA) is 77.5 Å². The molecule has 0 aliphatic carbocycles. The summed E-state index contributed by atoms with van der Waals surface area (Å²) in [6, 6.07) is 15.4. The van der Waals surface area contributed by atoms with Crippen molar-refractivity contribution in [3.05, 3.63) is 59.8 Å². The Hall–Kier alpha value is -3.48. The Bertz CT molecular complexity index is 962. The number of anilines is 3. The van der Waals surface area contributed by atoms with Crippen molar-refractivity contribution in [1.29, 1.82) is 0 Å². The highest BCUT2D eigenvalue weighted by Gasteiger charge is 2.13. The van der Waals surface area contributed by atoms with Crippen molar-refractivity contribution in [2.24, 2.45) is 0 Å². The number of rotatable bonds is 6. The zero-order valence-electron chi connectivity index (χ0n) is 15.2. The highest BCUT2D eigenvalue weighted by Crippen LogP contribution is 2.32. The Morgan fingerprint density at radius 2 is 1.93 bits per heavy atom. The van der Waals surface area contributed by atoms with Gasteiger partial charge in [0.15, 0.2) is 11.5 Å². The van der Waals surface area contributed by atoms with Crippen molar-refractivity contribution in [2.45, 2.75) is 13.5 Å². The minimum atomic E-state index is 0.274. The summed E-state index contributed by atoms with van der Waals surface area (Å²) in [7, 11) is 1.64. The van der Waals surface area contributed by atoms with E-state index in [4.69, 9.17) is 14.2 Å². The van der Waals surface area contributed by atoms with Crippen molar-refractivity contribution in [2.75, 3.05) is 24.5 Å². The monoisotopic (exact) mass is 364 g/mol. The normalized spacial score (nSPS) is 11.9. The molecule has 4 rings (SSSR count). The predicted octanol–water partition coefficient (Wildman–Crippen LogP) is 3.88. The molecule has 0 radical (unpaired) electrons. The van der Waals surface area contributed by atoms with Gasteiger partial charge in [0.05, 0.1) is 7.11 Å². The number of nitrogens with zero attached hydrogens (tertiary/aromatic N) is 2. The van der Waals surface area contributed by atoms with E-state index in [1.807, 2.05) is 55.5 Å². The Morgan fingerprint density at radius 3 is 2.81 bits per heavy atom. The van der Waals surface area contributed by atoms with Gasteiger partial charge in [0.1, 0.15) is 11.6 Å². The molecule has 27 heavy (non-hydrogen) atoms. The van der Waals surface area contributed by atoms with E-state index in [0.717, 1.165) is 40.0 Å². The van der Waals surface area contributed by atoms with Gasteiger partial charge >= 0.3 is 0 Å². The summed E-state index contributed by atoms with van der Waals surface area (Å²) < 4.78 is 16.0. The van der Waals surface area contributed by atoms with Crippen LogP contribution in [-0.4, -0.2) is 23.9 Å². The minimum absolute atomic E-state index is 0.274. The Balaban J connectivity index is 1.47. The first-order valence-electron chi connectivity index (χ1n) is 8.59. The number of benzene rings is 2. The van der Waals surface area contributed by atoms with Crippen LogP contribution in [0.15, 0.2) is 48.5 Å². The first kappa shape index (κ1) is 17.0. The van der Waals surface area contributed by atoms with Crippen molar-refractivity contribution >= 4 is 17.5 Å². The fraction of sp³-hybridized carbons (Fsp3) is 0.200. The van der Waals surface area contributed by atoms with E-state index in [1.165, 1.54) is 0 Å². The summed E-state index contributed by atoms with van der Waals surface area (Å²) >= 11 is 0. The van der Waals surface area contributed by atoms with Crippen molar-refractivity contribution < 1.29 is 14.2 Å². The standard InChI is InChI=1S/C20H20N4O3/c1-13-8-19(21-11-14-6-7-17-18(9-14)27-12-26-17)24-20(22-13)23-15-4-3-5-16(10-15)25-2/h3-10H,11-12H2,1-2H3,(H2,21,22,23,24). The quantitative estimate of drug-likeness (QED) is 0.687. The third kappa shape index (κ3) is 4.03. The molecule has 1 aliphatic rings. The maximum Gasteiger partial charge on any atom is 0.231 e. The van der Waals surface area contributed by atoms with Gasteiger partial charge < -0.3 is 24.8 Å². The summed E-state index contributed by atoms with van der Waals surface area (Å²) in [5.41, 5.74) is 2.81. The van der Waals surface area contributed by atoms with E-state index in [1.54, 1.807) is 7.11 Å². The fourth-order valence-corrected chi connectivity index (χ4v) is 2.79. The minimum Gasteiger partial charge on any atom is -0.497 e. The highest BCUT2D eigenvalue weighted by atomic mass is 16.7. The SMILES string of the molecule is COc1cccc(Nc2nc(C)cc(NCc3ccc4c(c3)OCO4)n2)c1. The van der Waals surface area contributed by atoms with Crippen molar-refractivity contribution in [3.63, 3.8) is 0 Å². The van der Waals surface area contributed by atoms with E-state index in [9.17, 15) is 0 Å². The molecule has 0 atom stereocenters. The van der Waals surface area contributed by atoms with E-state index in [-0.39, 0.29) is 6.79 Å². The molecule has 3 aromatic rings. The van der Waals surface area contributed by atoms with Gasteiger partial charge in [-0.15, -0.1) is 0 Å². The van der Waals surface area contributed by atoms with E-state index < -0.39 is 0 Å².